The topological polar surface area (TPSA) is 44.8 Å². The minimum absolute atomic E-state index is 0.349. The second kappa shape index (κ2) is 6.75. The van der Waals surface area contributed by atoms with E-state index in [2.05, 4.69) is 6.92 Å². The lowest BCUT2D eigenvalue weighted by Crippen LogP contribution is -2.14. The van der Waals surface area contributed by atoms with Crippen LogP contribution < -0.4 is 4.74 Å². The number of carbonyl (C=O) groups is 1. The Hall–Kier alpha value is -1.55. The van der Waals surface area contributed by atoms with Crippen LogP contribution in [-0.2, 0) is 15.9 Å². The van der Waals surface area contributed by atoms with Crippen molar-refractivity contribution in [3.05, 3.63) is 28.8 Å². The standard InChI is InChI=1S/C16H22O4/c1-11-5-4-6-12-9-14(16(17)19-3)15(10-13(11)12)20-8-7-18-2/h9-11H,4-8H2,1-3H3. The van der Waals surface area contributed by atoms with Crippen LogP contribution >= 0.6 is 0 Å². The average molecular weight is 278 g/mol. The van der Waals surface area contributed by atoms with E-state index in [1.165, 1.54) is 31.1 Å². The maximum Gasteiger partial charge on any atom is 0.341 e. The molecule has 1 aliphatic carbocycles. The summed E-state index contributed by atoms with van der Waals surface area (Å²) in [5.74, 6) is 0.759. The molecular formula is C16H22O4. The number of carbonyl (C=O) groups excluding carboxylic acids is 1. The van der Waals surface area contributed by atoms with Gasteiger partial charge < -0.3 is 14.2 Å². The average Bonchev–Trinajstić information content (AvgIpc) is 2.47. The van der Waals surface area contributed by atoms with Crippen LogP contribution in [0, 0.1) is 0 Å². The van der Waals surface area contributed by atoms with E-state index >= 15 is 0 Å². The first-order valence-corrected chi connectivity index (χ1v) is 7.04. The number of hydrogen-bond acceptors (Lipinski definition) is 4. The third-order valence-electron chi connectivity index (χ3n) is 3.81. The molecule has 0 heterocycles. The largest absolute Gasteiger partial charge is 0.490 e. The molecule has 1 atom stereocenters. The Morgan fingerprint density at radius 1 is 1.30 bits per heavy atom. The number of ether oxygens (including phenoxy) is 3. The summed E-state index contributed by atoms with van der Waals surface area (Å²) < 4.78 is 15.5. The fourth-order valence-corrected chi connectivity index (χ4v) is 2.69. The zero-order chi connectivity index (χ0) is 14.5. The number of esters is 1. The molecular weight excluding hydrogens is 256 g/mol. The summed E-state index contributed by atoms with van der Waals surface area (Å²) in [5.41, 5.74) is 3.04. The van der Waals surface area contributed by atoms with Gasteiger partial charge in [-0.25, -0.2) is 4.79 Å². The Kier molecular flexibility index (Phi) is 5.01. The lowest BCUT2D eigenvalue weighted by Gasteiger charge is -2.24. The van der Waals surface area contributed by atoms with Crippen LogP contribution in [0.3, 0.4) is 0 Å². The van der Waals surface area contributed by atoms with Gasteiger partial charge >= 0.3 is 5.97 Å². The highest BCUT2D eigenvalue weighted by molar-refractivity contribution is 5.93. The molecule has 0 N–H and O–H groups in total. The molecule has 1 aliphatic rings. The van der Waals surface area contributed by atoms with Crippen LogP contribution in [0.2, 0.25) is 0 Å². The van der Waals surface area contributed by atoms with E-state index in [1.54, 1.807) is 7.11 Å². The van der Waals surface area contributed by atoms with Crippen molar-refractivity contribution in [1.82, 2.24) is 0 Å². The summed E-state index contributed by atoms with van der Waals surface area (Å²) >= 11 is 0. The molecule has 1 aromatic rings. The summed E-state index contributed by atoms with van der Waals surface area (Å²) in [7, 11) is 3.02. The van der Waals surface area contributed by atoms with E-state index in [1.807, 2.05) is 12.1 Å². The third kappa shape index (κ3) is 3.12. The summed E-state index contributed by atoms with van der Waals surface area (Å²) in [6, 6.07) is 3.93. The van der Waals surface area contributed by atoms with Gasteiger partial charge in [-0.05, 0) is 48.4 Å². The lowest BCUT2D eigenvalue weighted by atomic mass is 9.83. The number of rotatable bonds is 5. The molecule has 2 rings (SSSR count). The zero-order valence-electron chi connectivity index (χ0n) is 12.4. The molecule has 0 amide bonds. The van der Waals surface area contributed by atoms with Gasteiger partial charge in [-0.1, -0.05) is 6.92 Å². The number of fused-ring (bicyclic) bond motifs is 1. The van der Waals surface area contributed by atoms with Crippen LogP contribution in [0.15, 0.2) is 12.1 Å². The van der Waals surface area contributed by atoms with Crippen molar-refractivity contribution in [2.45, 2.75) is 32.1 Å². The number of hydrogen-bond donors (Lipinski definition) is 0. The molecule has 0 aliphatic heterocycles. The second-order valence-electron chi connectivity index (χ2n) is 5.17. The quantitative estimate of drug-likeness (QED) is 0.613. The summed E-state index contributed by atoms with van der Waals surface area (Å²) in [6.07, 6.45) is 3.36. The number of methoxy groups -OCH3 is 2. The summed E-state index contributed by atoms with van der Waals surface area (Å²) in [6.45, 7) is 3.13. The molecule has 1 aromatic carbocycles. The van der Waals surface area contributed by atoms with Gasteiger partial charge in [-0.3, -0.25) is 0 Å². The van der Waals surface area contributed by atoms with E-state index in [0.29, 0.717) is 30.4 Å². The third-order valence-corrected chi connectivity index (χ3v) is 3.81. The highest BCUT2D eigenvalue weighted by atomic mass is 16.5. The van der Waals surface area contributed by atoms with Crippen LogP contribution in [-0.4, -0.2) is 33.4 Å². The van der Waals surface area contributed by atoms with Crippen molar-refractivity contribution in [3.8, 4) is 5.75 Å². The normalized spacial score (nSPS) is 17.4. The van der Waals surface area contributed by atoms with E-state index in [9.17, 15) is 4.79 Å². The molecule has 0 spiro atoms. The maximum atomic E-state index is 11.9. The smallest absolute Gasteiger partial charge is 0.341 e. The highest BCUT2D eigenvalue weighted by Gasteiger charge is 2.22. The Morgan fingerprint density at radius 2 is 2.10 bits per heavy atom. The van der Waals surface area contributed by atoms with Gasteiger partial charge in [0.25, 0.3) is 0 Å². The Balaban J connectivity index is 2.35. The minimum Gasteiger partial charge on any atom is -0.490 e. The first kappa shape index (κ1) is 14.9. The molecule has 0 saturated heterocycles. The lowest BCUT2D eigenvalue weighted by molar-refractivity contribution is 0.0593. The van der Waals surface area contributed by atoms with Gasteiger partial charge in [-0.15, -0.1) is 0 Å². The molecule has 110 valence electrons. The van der Waals surface area contributed by atoms with E-state index in [0.717, 1.165) is 6.42 Å². The molecule has 20 heavy (non-hydrogen) atoms. The van der Waals surface area contributed by atoms with Crippen molar-refractivity contribution in [3.63, 3.8) is 0 Å². The van der Waals surface area contributed by atoms with Gasteiger partial charge in [0.2, 0.25) is 0 Å². The van der Waals surface area contributed by atoms with Crippen molar-refractivity contribution in [2.75, 3.05) is 27.4 Å². The number of benzene rings is 1. The SMILES string of the molecule is COCCOc1cc2c(cc1C(=O)OC)CCCC2C. The predicted molar refractivity (Wildman–Crippen MR) is 76.5 cm³/mol. The van der Waals surface area contributed by atoms with Crippen molar-refractivity contribution in [2.24, 2.45) is 0 Å². The van der Waals surface area contributed by atoms with Gasteiger partial charge in [-0.2, -0.15) is 0 Å². The zero-order valence-corrected chi connectivity index (χ0v) is 12.4. The van der Waals surface area contributed by atoms with E-state index in [-0.39, 0.29) is 5.97 Å². The Labute approximate surface area is 120 Å². The highest BCUT2D eigenvalue weighted by Crippen LogP contribution is 2.36. The Bertz CT molecular complexity index is 482. The Morgan fingerprint density at radius 3 is 2.80 bits per heavy atom. The molecule has 0 radical (unpaired) electrons. The first-order valence-electron chi connectivity index (χ1n) is 7.04. The van der Waals surface area contributed by atoms with Crippen LogP contribution in [0.1, 0.15) is 47.2 Å². The van der Waals surface area contributed by atoms with Crippen molar-refractivity contribution in [1.29, 1.82) is 0 Å². The fourth-order valence-electron chi connectivity index (χ4n) is 2.69. The first-order chi connectivity index (χ1) is 9.67. The van der Waals surface area contributed by atoms with Crippen LogP contribution in [0.4, 0.5) is 0 Å². The molecule has 1 unspecified atom stereocenters. The molecule has 4 heteroatoms. The maximum absolute atomic E-state index is 11.9. The minimum atomic E-state index is -0.349. The number of aryl methyl sites for hydroxylation is 1. The summed E-state index contributed by atoms with van der Waals surface area (Å²) in [4.78, 5) is 11.9. The van der Waals surface area contributed by atoms with Crippen LogP contribution in [0.5, 0.6) is 5.75 Å². The van der Waals surface area contributed by atoms with Crippen molar-refractivity contribution >= 4 is 5.97 Å². The molecule has 4 nitrogen and oxygen atoms in total. The van der Waals surface area contributed by atoms with Gasteiger partial charge in [0.05, 0.1) is 13.7 Å². The van der Waals surface area contributed by atoms with Crippen molar-refractivity contribution < 1.29 is 19.0 Å². The molecule has 0 aromatic heterocycles. The van der Waals surface area contributed by atoms with E-state index < -0.39 is 0 Å². The van der Waals surface area contributed by atoms with Gasteiger partial charge in [0.1, 0.15) is 17.9 Å². The fraction of sp³-hybridized carbons (Fsp3) is 0.562. The molecule has 0 fully saturated rings. The van der Waals surface area contributed by atoms with E-state index in [4.69, 9.17) is 14.2 Å². The predicted octanol–water partition coefficient (Wildman–Crippen LogP) is 2.94. The van der Waals surface area contributed by atoms with Crippen LogP contribution in [0.25, 0.3) is 0 Å². The monoisotopic (exact) mass is 278 g/mol. The summed E-state index contributed by atoms with van der Waals surface area (Å²) in [5, 5.41) is 0. The molecule has 0 bridgehead atoms. The molecule has 0 saturated carbocycles. The second-order valence-corrected chi connectivity index (χ2v) is 5.17. The van der Waals surface area contributed by atoms with Gasteiger partial charge in [0.15, 0.2) is 0 Å². The van der Waals surface area contributed by atoms with Gasteiger partial charge in [0, 0.05) is 7.11 Å².